The second-order valence-corrected chi connectivity index (χ2v) is 2.52. The Morgan fingerprint density at radius 3 is 1.62 bits per heavy atom. The lowest BCUT2D eigenvalue weighted by Crippen LogP contribution is -2.05. The van der Waals surface area contributed by atoms with E-state index in [0.29, 0.717) is 0 Å². The molecule has 0 saturated heterocycles. The quantitative estimate of drug-likeness (QED) is 0.535. The molecule has 0 aliphatic rings. The average Bonchev–Trinajstić information content (AvgIpc) is 2.13. The Kier molecular flexibility index (Phi) is 2.56. The van der Waals surface area contributed by atoms with Gasteiger partial charge in [0.2, 0.25) is 0 Å². The molecule has 0 radical (unpaired) electrons. The van der Waals surface area contributed by atoms with Gasteiger partial charge in [0.05, 0.1) is 12.2 Å². The first-order chi connectivity index (χ1) is 6.00. The summed E-state index contributed by atoms with van der Waals surface area (Å²) in [7, 11) is 0. The van der Waals surface area contributed by atoms with Gasteiger partial charge in [-0.2, -0.15) is 0 Å². The van der Waals surface area contributed by atoms with Crippen molar-refractivity contribution < 1.29 is 22.7 Å². The third-order valence-corrected chi connectivity index (χ3v) is 1.73. The van der Waals surface area contributed by atoms with Crippen molar-refractivity contribution in [2.75, 3.05) is 0 Å². The van der Waals surface area contributed by atoms with Gasteiger partial charge in [0.15, 0.2) is 23.3 Å². The van der Waals surface area contributed by atoms with E-state index in [4.69, 9.17) is 5.11 Å². The molecule has 0 fully saturated rings. The van der Waals surface area contributed by atoms with Gasteiger partial charge in [0, 0.05) is 5.56 Å². The summed E-state index contributed by atoms with van der Waals surface area (Å²) in [6, 6.07) is 0. The van der Waals surface area contributed by atoms with Gasteiger partial charge in [-0.1, -0.05) is 0 Å². The van der Waals surface area contributed by atoms with Crippen molar-refractivity contribution in [2.24, 2.45) is 0 Å². The second kappa shape index (κ2) is 3.33. The molecule has 72 valence electrons. The number of halogens is 4. The molecule has 1 aromatic carbocycles. The summed E-state index contributed by atoms with van der Waals surface area (Å²) < 4.78 is 51.0. The molecule has 0 atom stereocenters. The second-order valence-electron chi connectivity index (χ2n) is 2.52. The SMILES string of the molecule is Cc1c(F)c(F)c(CO)c(F)c1F. The molecular formula is C8H6F4O. The van der Waals surface area contributed by atoms with Gasteiger partial charge in [-0.15, -0.1) is 0 Å². The van der Waals surface area contributed by atoms with Crippen LogP contribution in [0.15, 0.2) is 0 Å². The van der Waals surface area contributed by atoms with E-state index in [1.54, 1.807) is 0 Å². The van der Waals surface area contributed by atoms with E-state index in [9.17, 15) is 17.6 Å². The first-order valence-corrected chi connectivity index (χ1v) is 3.43. The van der Waals surface area contributed by atoms with E-state index in [2.05, 4.69) is 0 Å². The van der Waals surface area contributed by atoms with E-state index >= 15 is 0 Å². The van der Waals surface area contributed by atoms with Crippen LogP contribution in [-0.2, 0) is 6.61 Å². The standard InChI is InChI=1S/C8H6F4O/c1-3-5(9)7(11)4(2-13)8(12)6(3)10/h13H,2H2,1H3. The monoisotopic (exact) mass is 194 g/mol. The minimum atomic E-state index is -1.54. The van der Waals surface area contributed by atoms with Crippen molar-refractivity contribution in [1.82, 2.24) is 0 Å². The minimum Gasteiger partial charge on any atom is -0.391 e. The number of rotatable bonds is 1. The van der Waals surface area contributed by atoms with Gasteiger partial charge in [0.25, 0.3) is 0 Å². The smallest absolute Gasteiger partial charge is 0.167 e. The van der Waals surface area contributed by atoms with Crippen LogP contribution in [0.1, 0.15) is 11.1 Å². The lowest BCUT2D eigenvalue weighted by atomic mass is 10.1. The molecule has 0 saturated carbocycles. The maximum Gasteiger partial charge on any atom is 0.167 e. The topological polar surface area (TPSA) is 20.2 Å². The zero-order chi connectivity index (χ0) is 10.2. The molecule has 5 heteroatoms. The highest BCUT2D eigenvalue weighted by Gasteiger charge is 2.21. The number of benzene rings is 1. The minimum absolute atomic E-state index is 0.729. The maximum absolute atomic E-state index is 12.8. The highest BCUT2D eigenvalue weighted by Crippen LogP contribution is 2.23. The van der Waals surface area contributed by atoms with E-state index in [1.165, 1.54) is 0 Å². The summed E-state index contributed by atoms with van der Waals surface area (Å²) in [6.07, 6.45) is 0. The molecule has 1 N–H and O–H groups in total. The van der Waals surface area contributed by atoms with Crippen molar-refractivity contribution in [2.45, 2.75) is 13.5 Å². The Hall–Kier alpha value is -1.10. The Morgan fingerprint density at radius 2 is 1.31 bits per heavy atom. The molecule has 0 heterocycles. The third kappa shape index (κ3) is 1.39. The van der Waals surface area contributed by atoms with E-state index in [-0.39, 0.29) is 0 Å². The van der Waals surface area contributed by atoms with E-state index in [1.807, 2.05) is 0 Å². The zero-order valence-corrected chi connectivity index (χ0v) is 6.67. The van der Waals surface area contributed by atoms with Crippen molar-refractivity contribution >= 4 is 0 Å². The molecule has 0 aliphatic carbocycles. The van der Waals surface area contributed by atoms with Crippen molar-refractivity contribution in [3.05, 3.63) is 34.4 Å². The molecule has 0 spiro atoms. The maximum atomic E-state index is 12.8. The molecule has 0 amide bonds. The van der Waals surface area contributed by atoms with E-state index in [0.717, 1.165) is 6.92 Å². The molecule has 1 rings (SSSR count). The number of aliphatic hydroxyl groups is 1. The van der Waals surface area contributed by atoms with Crippen molar-refractivity contribution in [3.63, 3.8) is 0 Å². The average molecular weight is 194 g/mol. The summed E-state index contributed by atoms with van der Waals surface area (Å²) in [4.78, 5) is 0. The molecule has 0 aliphatic heterocycles. The predicted molar refractivity (Wildman–Crippen MR) is 36.9 cm³/mol. The van der Waals surface area contributed by atoms with Gasteiger partial charge in [-0.05, 0) is 6.92 Å². The number of hydrogen-bond donors (Lipinski definition) is 1. The Labute approximate surface area is 71.6 Å². The fourth-order valence-corrected chi connectivity index (χ4v) is 0.926. The highest BCUT2D eigenvalue weighted by molar-refractivity contribution is 5.28. The largest absolute Gasteiger partial charge is 0.391 e. The summed E-state index contributed by atoms with van der Waals surface area (Å²) in [5, 5.41) is 8.43. The fourth-order valence-electron chi connectivity index (χ4n) is 0.926. The summed E-state index contributed by atoms with van der Waals surface area (Å²) >= 11 is 0. The Bertz CT molecular complexity index is 319. The van der Waals surface area contributed by atoms with Crippen LogP contribution < -0.4 is 0 Å². The molecule has 0 aromatic heterocycles. The summed E-state index contributed by atoms with van der Waals surface area (Å²) in [6.45, 7) is -0.163. The van der Waals surface area contributed by atoms with Crippen LogP contribution in [0.25, 0.3) is 0 Å². The lowest BCUT2D eigenvalue weighted by molar-refractivity contribution is 0.262. The number of hydrogen-bond acceptors (Lipinski definition) is 1. The zero-order valence-electron chi connectivity index (χ0n) is 6.67. The summed E-state index contributed by atoms with van der Waals surface area (Å²) in [5.41, 5.74) is -1.72. The fraction of sp³-hybridized carbons (Fsp3) is 0.250. The van der Waals surface area contributed by atoms with Crippen LogP contribution in [0.4, 0.5) is 17.6 Å². The highest BCUT2D eigenvalue weighted by atomic mass is 19.2. The van der Waals surface area contributed by atoms with Gasteiger partial charge in [0.1, 0.15) is 0 Å². The van der Waals surface area contributed by atoms with Crippen molar-refractivity contribution in [1.29, 1.82) is 0 Å². The predicted octanol–water partition coefficient (Wildman–Crippen LogP) is 2.04. The molecular weight excluding hydrogens is 188 g/mol. The van der Waals surface area contributed by atoms with Crippen LogP contribution in [0.3, 0.4) is 0 Å². The molecule has 0 unspecified atom stereocenters. The Morgan fingerprint density at radius 1 is 0.923 bits per heavy atom. The van der Waals surface area contributed by atoms with E-state index < -0.39 is 41.0 Å². The van der Waals surface area contributed by atoms with Crippen LogP contribution in [0.2, 0.25) is 0 Å². The van der Waals surface area contributed by atoms with Crippen LogP contribution in [0.5, 0.6) is 0 Å². The van der Waals surface area contributed by atoms with Crippen LogP contribution >= 0.6 is 0 Å². The van der Waals surface area contributed by atoms with Crippen LogP contribution in [-0.4, -0.2) is 5.11 Å². The first kappa shape index (κ1) is 9.98. The number of aliphatic hydroxyl groups excluding tert-OH is 1. The van der Waals surface area contributed by atoms with Crippen molar-refractivity contribution in [3.8, 4) is 0 Å². The molecule has 13 heavy (non-hydrogen) atoms. The lowest BCUT2D eigenvalue weighted by Gasteiger charge is -2.06. The third-order valence-electron chi connectivity index (χ3n) is 1.73. The molecule has 1 nitrogen and oxygen atoms in total. The molecule has 0 bridgehead atoms. The Balaban J connectivity index is 3.56. The van der Waals surface area contributed by atoms with Gasteiger partial charge in [-0.3, -0.25) is 0 Å². The normalized spacial score (nSPS) is 10.6. The van der Waals surface area contributed by atoms with Crippen LogP contribution in [0, 0.1) is 30.2 Å². The van der Waals surface area contributed by atoms with Gasteiger partial charge >= 0.3 is 0 Å². The first-order valence-electron chi connectivity index (χ1n) is 3.43. The molecule has 1 aromatic rings. The van der Waals surface area contributed by atoms with Gasteiger partial charge < -0.3 is 5.11 Å². The summed E-state index contributed by atoms with van der Waals surface area (Å²) in [5.74, 6) is -6.02. The van der Waals surface area contributed by atoms with Gasteiger partial charge in [-0.25, -0.2) is 17.6 Å².